The largest absolute Gasteiger partial charge is 0.493 e. The van der Waals surface area contributed by atoms with E-state index in [1.54, 1.807) is 0 Å². The van der Waals surface area contributed by atoms with Crippen LogP contribution in [0.2, 0.25) is 0 Å². The summed E-state index contributed by atoms with van der Waals surface area (Å²) in [5.74, 6) is 1.67. The van der Waals surface area contributed by atoms with Crippen molar-refractivity contribution < 1.29 is 4.74 Å². The topological polar surface area (TPSA) is 36.5 Å². The number of benzene rings is 1. The molecule has 0 amide bonds. The Morgan fingerprint density at radius 2 is 1.96 bits per heavy atom. The van der Waals surface area contributed by atoms with E-state index in [1.807, 2.05) is 0 Å². The third kappa shape index (κ3) is 6.42. The molecule has 3 atom stereocenters. The predicted octanol–water partition coefficient (Wildman–Crippen LogP) is 3.06. The van der Waals surface area contributed by atoms with Crippen LogP contribution in [-0.2, 0) is 0 Å². The van der Waals surface area contributed by atoms with Crippen LogP contribution in [0.3, 0.4) is 0 Å². The molecule has 1 aromatic rings. The second kappa shape index (κ2) is 10.0. The van der Waals surface area contributed by atoms with Crippen LogP contribution in [-0.4, -0.2) is 51.8 Å². The van der Waals surface area contributed by atoms with Crippen molar-refractivity contribution in [1.82, 2.24) is 15.5 Å². The maximum absolute atomic E-state index is 6.03. The normalized spacial score (nSPS) is 22.5. The van der Waals surface area contributed by atoms with Gasteiger partial charge in [-0.1, -0.05) is 18.6 Å². The first-order valence-corrected chi connectivity index (χ1v) is 9.36. The highest BCUT2D eigenvalue weighted by Gasteiger charge is 2.21. The van der Waals surface area contributed by atoms with Crippen molar-refractivity contribution >= 4 is 0 Å². The second-order valence-electron chi connectivity index (χ2n) is 7.38. The zero-order chi connectivity index (χ0) is 17.4. The van der Waals surface area contributed by atoms with Crippen molar-refractivity contribution in [2.75, 3.05) is 40.8 Å². The molecule has 1 aliphatic rings. The van der Waals surface area contributed by atoms with E-state index < -0.39 is 0 Å². The molecular weight excluding hydrogens is 298 g/mol. The monoisotopic (exact) mass is 333 g/mol. The fourth-order valence-corrected chi connectivity index (χ4v) is 3.39. The Kier molecular flexibility index (Phi) is 8.03. The standard InChI is InChI=1S/C20H35N3O/c1-16(22-12-13-23(3)4)18-8-10-20(11-9-18)24-15-17-6-5-7-19(14-17)21-2/h8-11,16-17,19,21-22H,5-7,12-15H2,1-4H3/t16?,17-,19+/m0/s1. The summed E-state index contributed by atoms with van der Waals surface area (Å²) in [5, 5.41) is 6.97. The first kappa shape index (κ1) is 19.2. The maximum Gasteiger partial charge on any atom is 0.119 e. The predicted molar refractivity (Wildman–Crippen MR) is 102 cm³/mol. The molecule has 0 aliphatic heterocycles. The molecule has 0 spiro atoms. The lowest BCUT2D eigenvalue weighted by molar-refractivity contribution is 0.189. The summed E-state index contributed by atoms with van der Waals surface area (Å²) in [4.78, 5) is 2.19. The summed E-state index contributed by atoms with van der Waals surface area (Å²) in [6, 6.07) is 9.62. The quantitative estimate of drug-likeness (QED) is 0.728. The van der Waals surface area contributed by atoms with Crippen molar-refractivity contribution in [3.05, 3.63) is 29.8 Å². The molecule has 4 heteroatoms. The summed E-state index contributed by atoms with van der Waals surface area (Å²) >= 11 is 0. The van der Waals surface area contributed by atoms with Gasteiger partial charge in [0, 0.05) is 25.2 Å². The second-order valence-corrected chi connectivity index (χ2v) is 7.38. The molecule has 0 radical (unpaired) electrons. The van der Waals surface area contributed by atoms with E-state index in [1.165, 1.54) is 31.2 Å². The molecule has 0 aromatic heterocycles. The van der Waals surface area contributed by atoms with Gasteiger partial charge in [0.2, 0.25) is 0 Å². The molecule has 24 heavy (non-hydrogen) atoms. The Labute approximate surface area is 148 Å². The molecule has 0 bridgehead atoms. The summed E-state index contributed by atoms with van der Waals surface area (Å²) in [6.45, 7) is 5.11. The SMILES string of the molecule is CN[C@@H]1CCC[C@H](COc2ccc(C(C)NCCN(C)C)cc2)C1. The minimum absolute atomic E-state index is 0.369. The molecule has 0 heterocycles. The van der Waals surface area contributed by atoms with E-state index in [9.17, 15) is 0 Å². The molecule has 1 fully saturated rings. The molecule has 2 N–H and O–H groups in total. The Morgan fingerprint density at radius 3 is 2.62 bits per heavy atom. The van der Waals surface area contributed by atoms with Crippen LogP contribution < -0.4 is 15.4 Å². The number of rotatable bonds is 9. The van der Waals surface area contributed by atoms with Gasteiger partial charge in [-0.05, 0) is 70.9 Å². The summed E-state index contributed by atoms with van der Waals surface area (Å²) in [5.41, 5.74) is 1.31. The summed E-state index contributed by atoms with van der Waals surface area (Å²) in [6.07, 6.45) is 5.15. The Bertz CT molecular complexity index is 460. The third-order valence-electron chi connectivity index (χ3n) is 5.07. The number of hydrogen-bond donors (Lipinski definition) is 2. The molecule has 136 valence electrons. The first-order chi connectivity index (χ1) is 11.6. The summed E-state index contributed by atoms with van der Waals surface area (Å²) in [7, 11) is 6.27. The fraction of sp³-hybridized carbons (Fsp3) is 0.700. The Morgan fingerprint density at radius 1 is 1.21 bits per heavy atom. The number of nitrogens with one attached hydrogen (secondary N) is 2. The maximum atomic E-state index is 6.03. The van der Waals surface area contributed by atoms with Gasteiger partial charge < -0.3 is 20.3 Å². The van der Waals surface area contributed by atoms with Crippen molar-refractivity contribution in [1.29, 1.82) is 0 Å². The van der Waals surface area contributed by atoms with Gasteiger partial charge >= 0.3 is 0 Å². The lowest BCUT2D eigenvalue weighted by Crippen LogP contribution is -2.33. The highest BCUT2D eigenvalue weighted by atomic mass is 16.5. The van der Waals surface area contributed by atoms with Crippen molar-refractivity contribution in [3.8, 4) is 5.75 Å². The molecule has 0 saturated heterocycles. The Hall–Kier alpha value is -1.10. The number of nitrogens with zero attached hydrogens (tertiary/aromatic N) is 1. The highest BCUT2D eigenvalue weighted by molar-refractivity contribution is 5.29. The average molecular weight is 334 g/mol. The molecular formula is C20H35N3O. The zero-order valence-electron chi connectivity index (χ0n) is 15.8. The van der Waals surface area contributed by atoms with E-state index in [-0.39, 0.29) is 0 Å². The van der Waals surface area contributed by atoms with Gasteiger partial charge in [-0.2, -0.15) is 0 Å². The molecule has 2 rings (SSSR count). The fourth-order valence-electron chi connectivity index (χ4n) is 3.39. The van der Waals surface area contributed by atoms with Crippen LogP contribution in [0.15, 0.2) is 24.3 Å². The van der Waals surface area contributed by atoms with Crippen LogP contribution in [0.1, 0.15) is 44.2 Å². The lowest BCUT2D eigenvalue weighted by Gasteiger charge is -2.28. The number of hydrogen-bond acceptors (Lipinski definition) is 4. The Balaban J connectivity index is 1.75. The van der Waals surface area contributed by atoms with Crippen molar-refractivity contribution in [2.45, 2.75) is 44.7 Å². The van der Waals surface area contributed by atoms with Gasteiger partial charge in [0.15, 0.2) is 0 Å². The van der Waals surface area contributed by atoms with Gasteiger partial charge in [0.1, 0.15) is 5.75 Å². The van der Waals surface area contributed by atoms with E-state index in [2.05, 4.69) is 67.9 Å². The van der Waals surface area contributed by atoms with Crippen LogP contribution >= 0.6 is 0 Å². The molecule has 4 nitrogen and oxygen atoms in total. The van der Waals surface area contributed by atoms with Crippen molar-refractivity contribution in [2.24, 2.45) is 5.92 Å². The van der Waals surface area contributed by atoms with Crippen LogP contribution in [0.25, 0.3) is 0 Å². The first-order valence-electron chi connectivity index (χ1n) is 9.36. The van der Waals surface area contributed by atoms with E-state index in [4.69, 9.17) is 4.74 Å². The van der Waals surface area contributed by atoms with Crippen LogP contribution in [0.5, 0.6) is 5.75 Å². The minimum Gasteiger partial charge on any atom is -0.493 e. The van der Waals surface area contributed by atoms with E-state index in [0.717, 1.165) is 25.4 Å². The molecule has 1 saturated carbocycles. The smallest absolute Gasteiger partial charge is 0.119 e. The summed E-state index contributed by atoms with van der Waals surface area (Å²) < 4.78 is 6.03. The third-order valence-corrected chi connectivity index (χ3v) is 5.07. The highest BCUT2D eigenvalue weighted by Crippen LogP contribution is 2.25. The van der Waals surface area contributed by atoms with Gasteiger partial charge in [-0.15, -0.1) is 0 Å². The number of ether oxygens (including phenoxy) is 1. The minimum atomic E-state index is 0.369. The molecule has 1 aromatic carbocycles. The average Bonchev–Trinajstić information content (AvgIpc) is 2.60. The van der Waals surface area contributed by atoms with Gasteiger partial charge in [0.05, 0.1) is 6.61 Å². The van der Waals surface area contributed by atoms with Gasteiger partial charge in [0.25, 0.3) is 0 Å². The van der Waals surface area contributed by atoms with Crippen LogP contribution in [0, 0.1) is 5.92 Å². The zero-order valence-corrected chi connectivity index (χ0v) is 15.8. The van der Waals surface area contributed by atoms with Gasteiger partial charge in [-0.3, -0.25) is 0 Å². The van der Waals surface area contributed by atoms with Gasteiger partial charge in [-0.25, -0.2) is 0 Å². The molecule has 1 unspecified atom stereocenters. The lowest BCUT2D eigenvalue weighted by atomic mass is 9.86. The van der Waals surface area contributed by atoms with E-state index in [0.29, 0.717) is 18.0 Å². The van der Waals surface area contributed by atoms with Crippen molar-refractivity contribution in [3.63, 3.8) is 0 Å². The number of likely N-dealkylation sites (N-methyl/N-ethyl adjacent to an activating group) is 1. The van der Waals surface area contributed by atoms with Crippen LogP contribution in [0.4, 0.5) is 0 Å². The van der Waals surface area contributed by atoms with E-state index >= 15 is 0 Å². The molecule has 1 aliphatic carbocycles.